The van der Waals surface area contributed by atoms with Crippen LogP contribution in [-0.4, -0.2) is 0 Å². The zero-order valence-corrected chi connectivity index (χ0v) is 15.6. The Morgan fingerprint density at radius 2 is 1.00 bits per heavy atom. The van der Waals surface area contributed by atoms with Crippen molar-refractivity contribution >= 4 is 0 Å². The lowest BCUT2D eigenvalue weighted by molar-refractivity contribution is 0.357. The lowest BCUT2D eigenvalue weighted by atomic mass is 9.89. The molecule has 0 atom stereocenters. The van der Waals surface area contributed by atoms with E-state index in [1.165, 1.54) is 89.9 Å². The molecule has 0 aliphatic carbocycles. The molecule has 21 heavy (non-hydrogen) atoms. The van der Waals surface area contributed by atoms with E-state index in [9.17, 15) is 0 Å². The molecule has 0 bridgehead atoms. The predicted molar refractivity (Wildman–Crippen MR) is 98.9 cm³/mol. The highest BCUT2D eigenvalue weighted by Gasteiger charge is 2.08. The van der Waals surface area contributed by atoms with Crippen LogP contribution in [0.1, 0.15) is 118 Å². The topological polar surface area (TPSA) is 0 Å². The molecule has 0 spiro atoms. The Kier molecular flexibility index (Phi) is 14.5. The summed E-state index contributed by atoms with van der Waals surface area (Å²) in [5, 5.41) is 0. The van der Waals surface area contributed by atoms with Gasteiger partial charge in [0.15, 0.2) is 0 Å². The molecule has 0 unspecified atom stereocenters. The van der Waals surface area contributed by atoms with Crippen molar-refractivity contribution in [2.45, 2.75) is 118 Å². The van der Waals surface area contributed by atoms with E-state index in [1.807, 2.05) is 0 Å². The van der Waals surface area contributed by atoms with Gasteiger partial charge in [-0.3, -0.25) is 0 Å². The highest BCUT2D eigenvalue weighted by molar-refractivity contribution is 4.81. The van der Waals surface area contributed by atoms with Gasteiger partial charge in [0, 0.05) is 0 Å². The Bertz CT molecular complexity index is 219. The lowest BCUT2D eigenvalue weighted by Crippen LogP contribution is -2.03. The van der Waals surface area contributed by atoms with Crippen molar-refractivity contribution in [3.8, 4) is 0 Å². The Labute approximate surface area is 135 Å². The van der Waals surface area contributed by atoms with Crippen LogP contribution in [0.5, 0.6) is 0 Å². The maximum absolute atomic E-state index is 2.42. The van der Waals surface area contributed by atoms with Crippen LogP contribution < -0.4 is 0 Å². The fraction of sp³-hybridized carbons (Fsp3) is 0.905. The summed E-state index contributed by atoms with van der Waals surface area (Å²) in [6.45, 7) is 9.33. The zero-order valence-electron chi connectivity index (χ0n) is 15.6. The van der Waals surface area contributed by atoms with Crippen LogP contribution in [0.4, 0.5) is 0 Å². The lowest BCUT2D eigenvalue weighted by Gasteiger charge is -2.17. The van der Waals surface area contributed by atoms with E-state index in [0.29, 0.717) is 5.41 Å². The summed E-state index contributed by atoms with van der Waals surface area (Å²) in [6.07, 6.45) is 24.4. The number of unbranched alkanes of at least 4 members (excludes halogenated alkanes) is 11. The van der Waals surface area contributed by atoms with E-state index < -0.39 is 0 Å². The van der Waals surface area contributed by atoms with Crippen LogP contribution in [0.3, 0.4) is 0 Å². The van der Waals surface area contributed by atoms with Crippen LogP contribution in [0.25, 0.3) is 0 Å². The summed E-state index contributed by atoms with van der Waals surface area (Å²) < 4.78 is 0. The highest BCUT2D eigenvalue weighted by Crippen LogP contribution is 2.22. The average Bonchev–Trinajstić information content (AvgIpc) is 2.42. The SMILES string of the molecule is CCCCCCCCC/C=C\CCCCCCC(C)(C)C. The van der Waals surface area contributed by atoms with Gasteiger partial charge in [0.05, 0.1) is 0 Å². The standard InChI is InChI=1S/C21H42/c1-5-6-7-8-9-10-11-12-13-14-15-16-17-18-19-20-21(2,3)4/h13-14H,5-12,15-20H2,1-4H3/b14-13-. The molecular formula is C21H42. The third-order valence-electron chi connectivity index (χ3n) is 4.19. The summed E-state index contributed by atoms with van der Waals surface area (Å²) >= 11 is 0. The van der Waals surface area contributed by atoms with Gasteiger partial charge in [0.1, 0.15) is 0 Å². The molecule has 0 amide bonds. The molecule has 0 saturated heterocycles. The molecule has 0 aliphatic heterocycles. The number of hydrogen-bond donors (Lipinski definition) is 0. The average molecular weight is 295 g/mol. The third kappa shape index (κ3) is 19.7. The van der Waals surface area contributed by atoms with Gasteiger partial charge in [-0.25, -0.2) is 0 Å². The smallest absolute Gasteiger partial charge is 0.0351 e. The number of hydrogen-bond acceptors (Lipinski definition) is 0. The summed E-state index contributed by atoms with van der Waals surface area (Å²) in [5.74, 6) is 0. The Morgan fingerprint density at radius 3 is 1.48 bits per heavy atom. The maximum Gasteiger partial charge on any atom is -0.0351 e. The van der Waals surface area contributed by atoms with E-state index in [-0.39, 0.29) is 0 Å². The molecule has 0 saturated carbocycles. The fourth-order valence-electron chi connectivity index (χ4n) is 2.73. The summed E-state index contributed by atoms with van der Waals surface area (Å²) in [4.78, 5) is 0. The van der Waals surface area contributed by atoms with Gasteiger partial charge in [-0.2, -0.15) is 0 Å². The molecule has 0 aromatic rings. The molecule has 0 aromatic carbocycles. The van der Waals surface area contributed by atoms with Crippen LogP contribution in [-0.2, 0) is 0 Å². The van der Waals surface area contributed by atoms with Crippen LogP contribution >= 0.6 is 0 Å². The van der Waals surface area contributed by atoms with Gasteiger partial charge in [0.25, 0.3) is 0 Å². The van der Waals surface area contributed by atoms with E-state index in [2.05, 4.69) is 39.8 Å². The van der Waals surface area contributed by atoms with Gasteiger partial charge < -0.3 is 0 Å². The first kappa shape index (κ1) is 20.7. The van der Waals surface area contributed by atoms with Crippen molar-refractivity contribution in [2.75, 3.05) is 0 Å². The number of rotatable bonds is 14. The van der Waals surface area contributed by atoms with Gasteiger partial charge in [0.2, 0.25) is 0 Å². The molecule has 0 rings (SSSR count). The quantitative estimate of drug-likeness (QED) is 0.224. The Morgan fingerprint density at radius 1 is 0.571 bits per heavy atom. The minimum Gasteiger partial charge on any atom is -0.0885 e. The van der Waals surface area contributed by atoms with Crippen molar-refractivity contribution < 1.29 is 0 Å². The van der Waals surface area contributed by atoms with E-state index in [0.717, 1.165) is 0 Å². The van der Waals surface area contributed by atoms with E-state index >= 15 is 0 Å². The summed E-state index contributed by atoms with van der Waals surface area (Å²) in [6, 6.07) is 0. The van der Waals surface area contributed by atoms with Crippen molar-refractivity contribution in [3.05, 3.63) is 12.2 Å². The van der Waals surface area contributed by atoms with Crippen LogP contribution in [0, 0.1) is 5.41 Å². The Hall–Kier alpha value is -0.260. The molecule has 0 N–H and O–H groups in total. The molecule has 0 nitrogen and oxygen atoms in total. The molecule has 0 radical (unpaired) electrons. The van der Waals surface area contributed by atoms with Crippen LogP contribution in [0.15, 0.2) is 12.2 Å². The molecule has 0 heteroatoms. The number of allylic oxidation sites excluding steroid dienone is 2. The fourth-order valence-corrected chi connectivity index (χ4v) is 2.73. The van der Waals surface area contributed by atoms with Crippen molar-refractivity contribution in [1.82, 2.24) is 0 Å². The minimum absolute atomic E-state index is 0.524. The molecule has 126 valence electrons. The molecule has 0 heterocycles. The summed E-state index contributed by atoms with van der Waals surface area (Å²) in [5.41, 5.74) is 0.524. The first-order valence-electron chi connectivity index (χ1n) is 9.71. The maximum atomic E-state index is 2.42. The van der Waals surface area contributed by atoms with E-state index in [1.54, 1.807) is 0 Å². The molecular weight excluding hydrogens is 252 g/mol. The second-order valence-electron chi connectivity index (χ2n) is 7.89. The predicted octanol–water partition coefficient (Wildman–Crippen LogP) is 8.07. The van der Waals surface area contributed by atoms with Crippen molar-refractivity contribution in [3.63, 3.8) is 0 Å². The van der Waals surface area contributed by atoms with Crippen molar-refractivity contribution in [2.24, 2.45) is 5.41 Å². The molecule has 0 aromatic heterocycles. The van der Waals surface area contributed by atoms with Gasteiger partial charge in [-0.1, -0.05) is 97.6 Å². The molecule has 0 fully saturated rings. The van der Waals surface area contributed by atoms with Gasteiger partial charge in [-0.15, -0.1) is 0 Å². The zero-order chi connectivity index (χ0) is 15.8. The minimum atomic E-state index is 0.524. The normalized spacial score (nSPS) is 12.4. The largest absolute Gasteiger partial charge is 0.0885 e. The van der Waals surface area contributed by atoms with E-state index in [4.69, 9.17) is 0 Å². The van der Waals surface area contributed by atoms with Gasteiger partial charge in [-0.05, 0) is 37.5 Å². The first-order chi connectivity index (χ1) is 10.1. The Balaban J connectivity index is 3.12. The monoisotopic (exact) mass is 294 g/mol. The van der Waals surface area contributed by atoms with Crippen molar-refractivity contribution in [1.29, 1.82) is 0 Å². The summed E-state index contributed by atoms with van der Waals surface area (Å²) in [7, 11) is 0. The first-order valence-corrected chi connectivity index (χ1v) is 9.71. The molecule has 0 aliphatic rings. The third-order valence-corrected chi connectivity index (χ3v) is 4.19. The van der Waals surface area contributed by atoms with Crippen LogP contribution in [0.2, 0.25) is 0 Å². The second-order valence-corrected chi connectivity index (χ2v) is 7.89. The second kappa shape index (κ2) is 14.7. The highest BCUT2D eigenvalue weighted by atomic mass is 14.1. The van der Waals surface area contributed by atoms with Gasteiger partial charge >= 0.3 is 0 Å².